The first-order chi connectivity index (χ1) is 3.38. The molecule has 0 aromatic carbocycles. The molecular formula is C4H4BrNO. The van der Waals surface area contributed by atoms with Crippen molar-refractivity contribution in [2.75, 3.05) is 5.33 Å². The SMILES string of the molecule is N#C[C@H]1O[C@H]1CBr. The molecule has 1 fully saturated rings. The van der Waals surface area contributed by atoms with E-state index in [2.05, 4.69) is 15.9 Å². The number of alkyl halides is 1. The Labute approximate surface area is 50.2 Å². The summed E-state index contributed by atoms with van der Waals surface area (Å²) in [6.07, 6.45) is 0.0457. The Kier molecular flexibility index (Phi) is 1.31. The van der Waals surface area contributed by atoms with Crippen LogP contribution in [0.25, 0.3) is 0 Å². The quantitative estimate of drug-likeness (QED) is 0.419. The summed E-state index contributed by atoms with van der Waals surface area (Å²) < 4.78 is 4.81. The van der Waals surface area contributed by atoms with Gasteiger partial charge in [0.1, 0.15) is 6.10 Å². The molecule has 0 aromatic rings. The van der Waals surface area contributed by atoms with E-state index >= 15 is 0 Å². The lowest BCUT2D eigenvalue weighted by molar-refractivity contribution is 0.405. The molecule has 3 heteroatoms. The Hall–Kier alpha value is -0.0700. The lowest BCUT2D eigenvalue weighted by atomic mass is 10.4. The molecule has 0 bridgehead atoms. The summed E-state index contributed by atoms with van der Waals surface area (Å²) in [6, 6.07) is 1.99. The molecule has 0 aliphatic carbocycles. The van der Waals surface area contributed by atoms with Crippen molar-refractivity contribution < 1.29 is 4.74 Å². The van der Waals surface area contributed by atoms with Crippen LogP contribution in [0, 0.1) is 11.3 Å². The fraction of sp³-hybridized carbons (Fsp3) is 0.750. The summed E-state index contributed by atoms with van der Waals surface area (Å²) in [5, 5.41) is 8.89. The Morgan fingerprint density at radius 1 is 1.86 bits per heavy atom. The standard InChI is InChI=1S/C4H4BrNO/c5-1-3-4(2-6)7-3/h3-4H,1H2/t3-,4+/m0/s1. The van der Waals surface area contributed by atoms with Crippen molar-refractivity contribution >= 4 is 15.9 Å². The van der Waals surface area contributed by atoms with E-state index in [0.29, 0.717) is 0 Å². The van der Waals surface area contributed by atoms with E-state index in [-0.39, 0.29) is 12.2 Å². The normalized spacial score (nSPS) is 37.1. The summed E-state index contributed by atoms with van der Waals surface area (Å²) in [4.78, 5) is 0. The van der Waals surface area contributed by atoms with Gasteiger partial charge >= 0.3 is 0 Å². The van der Waals surface area contributed by atoms with Crippen molar-refractivity contribution in [1.82, 2.24) is 0 Å². The molecule has 0 spiro atoms. The van der Waals surface area contributed by atoms with E-state index in [1.165, 1.54) is 0 Å². The van der Waals surface area contributed by atoms with Crippen molar-refractivity contribution in [3.8, 4) is 6.07 Å². The van der Waals surface area contributed by atoms with E-state index in [1.54, 1.807) is 0 Å². The lowest BCUT2D eigenvalue weighted by Crippen LogP contribution is -1.88. The molecule has 0 unspecified atom stereocenters. The zero-order chi connectivity index (χ0) is 5.28. The molecule has 1 aliphatic heterocycles. The number of hydrogen-bond donors (Lipinski definition) is 0. The third-order valence-electron chi connectivity index (χ3n) is 0.862. The molecule has 0 amide bonds. The maximum absolute atomic E-state index is 8.11. The highest BCUT2D eigenvalue weighted by molar-refractivity contribution is 9.09. The first-order valence-electron chi connectivity index (χ1n) is 1.99. The summed E-state index contributed by atoms with van der Waals surface area (Å²) in [5.74, 6) is 0. The van der Waals surface area contributed by atoms with E-state index in [4.69, 9.17) is 10.00 Å². The summed E-state index contributed by atoms with van der Waals surface area (Å²) in [5.41, 5.74) is 0. The van der Waals surface area contributed by atoms with Crippen molar-refractivity contribution in [3.05, 3.63) is 0 Å². The second-order valence-electron chi connectivity index (χ2n) is 1.38. The van der Waals surface area contributed by atoms with E-state index in [0.717, 1.165) is 5.33 Å². The smallest absolute Gasteiger partial charge is 0.171 e. The van der Waals surface area contributed by atoms with Gasteiger partial charge in [-0.05, 0) is 0 Å². The molecule has 1 heterocycles. The van der Waals surface area contributed by atoms with Crippen molar-refractivity contribution in [2.45, 2.75) is 12.2 Å². The average Bonchev–Trinajstić information content (AvgIpc) is 2.43. The van der Waals surface area contributed by atoms with Gasteiger partial charge in [-0.15, -0.1) is 0 Å². The van der Waals surface area contributed by atoms with Crippen LogP contribution < -0.4 is 0 Å². The van der Waals surface area contributed by atoms with Gasteiger partial charge in [-0.3, -0.25) is 0 Å². The highest BCUT2D eigenvalue weighted by Crippen LogP contribution is 2.21. The van der Waals surface area contributed by atoms with Crippen LogP contribution in [-0.4, -0.2) is 17.5 Å². The van der Waals surface area contributed by atoms with E-state index < -0.39 is 0 Å². The minimum absolute atomic E-state index is 0.126. The van der Waals surface area contributed by atoms with Gasteiger partial charge in [0.15, 0.2) is 6.10 Å². The number of nitriles is 1. The van der Waals surface area contributed by atoms with Crippen LogP contribution >= 0.6 is 15.9 Å². The maximum Gasteiger partial charge on any atom is 0.171 e. The average molecular weight is 162 g/mol. The van der Waals surface area contributed by atoms with E-state index in [9.17, 15) is 0 Å². The van der Waals surface area contributed by atoms with Crippen LogP contribution in [0.15, 0.2) is 0 Å². The molecule has 2 atom stereocenters. The molecule has 0 aromatic heterocycles. The Bertz CT molecular complexity index is 109. The van der Waals surface area contributed by atoms with Crippen LogP contribution in [0.5, 0.6) is 0 Å². The highest BCUT2D eigenvalue weighted by Gasteiger charge is 2.37. The molecule has 1 saturated heterocycles. The second-order valence-corrected chi connectivity index (χ2v) is 2.03. The lowest BCUT2D eigenvalue weighted by Gasteiger charge is -1.69. The fourth-order valence-electron chi connectivity index (χ4n) is 0.374. The predicted octanol–water partition coefficient (Wildman–Crippen LogP) is 0.672. The molecule has 0 N–H and O–H groups in total. The number of ether oxygens (including phenoxy) is 1. The molecule has 1 rings (SSSR count). The zero-order valence-corrected chi connectivity index (χ0v) is 5.18. The van der Waals surface area contributed by atoms with Crippen molar-refractivity contribution in [2.24, 2.45) is 0 Å². The van der Waals surface area contributed by atoms with Gasteiger partial charge in [0.05, 0.1) is 6.07 Å². The number of hydrogen-bond acceptors (Lipinski definition) is 2. The molecule has 0 saturated carbocycles. The predicted molar refractivity (Wildman–Crippen MR) is 28.1 cm³/mol. The molecule has 0 radical (unpaired) electrons. The minimum Gasteiger partial charge on any atom is -0.353 e. The molecular weight excluding hydrogens is 158 g/mol. The number of nitrogens with zero attached hydrogens (tertiary/aromatic N) is 1. The van der Waals surface area contributed by atoms with Crippen molar-refractivity contribution in [3.63, 3.8) is 0 Å². The van der Waals surface area contributed by atoms with Gasteiger partial charge < -0.3 is 4.74 Å². The number of rotatable bonds is 1. The monoisotopic (exact) mass is 161 g/mol. The first-order valence-corrected chi connectivity index (χ1v) is 3.11. The van der Waals surface area contributed by atoms with Gasteiger partial charge in [0.25, 0.3) is 0 Å². The second kappa shape index (κ2) is 1.81. The van der Waals surface area contributed by atoms with Gasteiger partial charge in [-0.1, -0.05) is 15.9 Å². The first kappa shape index (κ1) is 5.07. The molecule has 1 aliphatic rings. The van der Waals surface area contributed by atoms with Crippen LogP contribution in [0.3, 0.4) is 0 Å². The van der Waals surface area contributed by atoms with Crippen molar-refractivity contribution in [1.29, 1.82) is 5.26 Å². The zero-order valence-electron chi connectivity index (χ0n) is 3.60. The minimum atomic E-state index is -0.126. The summed E-state index contributed by atoms with van der Waals surface area (Å²) in [7, 11) is 0. The Morgan fingerprint density at radius 2 is 2.57 bits per heavy atom. The largest absolute Gasteiger partial charge is 0.353 e. The maximum atomic E-state index is 8.11. The summed E-state index contributed by atoms with van der Waals surface area (Å²) in [6.45, 7) is 0. The highest BCUT2D eigenvalue weighted by atomic mass is 79.9. The van der Waals surface area contributed by atoms with Gasteiger partial charge in [-0.25, -0.2) is 0 Å². The van der Waals surface area contributed by atoms with Crippen LogP contribution in [0.1, 0.15) is 0 Å². The number of halogens is 1. The third kappa shape index (κ3) is 0.929. The van der Waals surface area contributed by atoms with Gasteiger partial charge in [0.2, 0.25) is 0 Å². The van der Waals surface area contributed by atoms with E-state index in [1.807, 2.05) is 6.07 Å². The van der Waals surface area contributed by atoms with Crippen LogP contribution in [-0.2, 0) is 4.74 Å². The topological polar surface area (TPSA) is 36.3 Å². The fourth-order valence-corrected chi connectivity index (χ4v) is 0.866. The number of epoxide rings is 1. The molecule has 38 valence electrons. The third-order valence-corrected chi connectivity index (χ3v) is 1.50. The summed E-state index contributed by atoms with van der Waals surface area (Å²) >= 11 is 3.18. The Morgan fingerprint density at radius 3 is 2.71 bits per heavy atom. The van der Waals surface area contributed by atoms with Gasteiger partial charge in [-0.2, -0.15) is 5.26 Å². The molecule has 7 heavy (non-hydrogen) atoms. The van der Waals surface area contributed by atoms with Gasteiger partial charge in [0, 0.05) is 5.33 Å². The van der Waals surface area contributed by atoms with Crippen LogP contribution in [0.2, 0.25) is 0 Å². The molecule has 2 nitrogen and oxygen atoms in total. The Balaban J connectivity index is 2.21. The van der Waals surface area contributed by atoms with Crippen LogP contribution in [0.4, 0.5) is 0 Å².